The second kappa shape index (κ2) is 8.81. The van der Waals surface area contributed by atoms with E-state index < -0.39 is 12.0 Å². The Labute approximate surface area is 102 Å². The maximum Gasteiger partial charge on any atom is 0.326 e. The number of hydrogen-bond acceptors (Lipinski definition) is 3. The van der Waals surface area contributed by atoms with Crippen LogP contribution in [-0.2, 0) is 4.79 Å². The molecule has 0 rings (SSSR count). The van der Waals surface area contributed by atoms with Crippen LogP contribution in [0.4, 0.5) is 4.79 Å². The van der Waals surface area contributed by atoms with Gasteiger partial charge in [0, 0.05) is 26.1 Å². The van der Waals surface area contributed by atoms with Gasteiger partial charge in [-0.3, -0.25) is 0 Å². The number of carbonyl (C=O) groups excluding carboxylic acids is 1. The maximum absolute atomic E-state index is 11.8. The Balaban J connectivity index is 4.38. The number of carboxylic acids is 1. The highest BCUT2D eigenvalue weighted by Gasteiger charge is 2.21. The van der Waals surface area contributed by atoms with Crippen molar-refractivity contribution >= 4 is 12.0 Å². The molecule has 0 bridgehead atoms. The Kier molecular flexibility index (Phi) is 8.13. The zero-order chi connectivity index (χ0) is 13.3. The lowest BCUT2D eigenvalue weighted by Crippen LogP contribution is -2.48. The smallest absolute Gasteiger partial charge is 0.326 e. The van der Waals surface area contributed by atoms with E-state index in [2.05, 4.69) is 5.32 Å². The molecule has 100 valence electrons. The quantitative estimate of drug-likeness (QED) is 0.586. The summed E-state index contributed by atoms with van der Waals surface area (Å²) in [6, 6.07) is -1.40. The molecule has 0 fully saturated rings. The number of amides is 2. The molecule has 0 saturated heterocycles. The highest BCUT2D eigenvalue weighted by Crippen LogP contribution is 1.98. The summed E-state index contributed by atoms with van der Waals surface area (Å²) in [7, 11) is 0. The summed E-state index contributed by atoms with van der Waals surface area (Å²) in [5.74, 6) is -1.12. The lowest BCUT2D eigenvalue weighted by atomic mass is 10.2. The molecule has 2 amide bonds. The Morgan fingerprint density at radius 2 is 1.76 bits per heavy atom. The number of carboxylic acid groups (broad SMARTS) is 1. The molecule has 0 heterocycles. The fraction of sp³-hybridized carbons (Fsp3) is 0.818. The van der Waals surface area contributed by atoms with E-state index >= 15 is 0 Å². The monoisotopic (exact) mass is 246 g/mol. The molecule has 6 nitrogen and oxygen atoms in total. The van der Waals surface area contributed by atoms with E-state index in [0.717, 1.165) is 12.8 Å². The molecule has 0 aromatic carbocycles. The third kappa shape index (κ3) is 6.11. The standard InChI is InChI=1S/C11H22N2O4/c1-3-6-13(7-4-2)11(17)12-9(5-8-14)10(15)16/h9,14H,3-8H2,1-2H3,(H,12,17)(H,15,16)/t9-/m1/s1. The molecule has 3 N–H and O–H groups in total. The number of nitrogens with one attached hydrogen (secondary N) is 1. The summed E-state index contributed by atoms with van der Waals surface area (Å²) in [6.07, 6.45) is 1.67. The van der Waals surface area contributed by atoms with E-state index in [-0.39, 0.29) is 19.1 Å². The van der Waals surface area contributed by atoms with Gasteiger partial charge in [-0.2, -0.15) is 0 Å². The number of carbonyl (C=O) groups is 2. The fourth-order valence-electron chi connectivity index (χ4n) is 1.48. The average Bonchev–Trinajstić information content (AvgIpc) is 2.28. The molecule has 17 heavy (non-hydrogen) atoms. The Bertz CT molecular complexity index is 240. The minimum Gasteiger partial charge on any atom is -0.480 e. The predicted molar refractivity (Wildman–Crippen MR) is 63.8 cm³/mol. The first-order valence-corrected chi connectivity index (χ1v) is 5.95. The van der Waals surface area contributed by atoms with Gasteiger partial charge in [0.15, 0.2) is 0 Å². The van der Waals surface area contributed by atoms with Gasteiger partial charge < -0.3 is 20.4 Å². The second-order valence-electron chi connectivity index (χ2n) is 3.84. The summed E-state index contributed by atoms with van der Waals surface area (Å²) >= 11 is 0. The molecule has 0 unspecified atom stereocenters. The number of aliphatic hydroxyl groups excluding tert-OH is 1. The predicted octanol–water partition coefficient (Wildman–Crippen LogP) is 0.654. The molecular formula is C11H22N2O4. The number of nitrogens with zero attached hydrogens (tertiary/aromatic N) is 1. The Hall–Kier alpha value is -1.30. The molecule has 0 aromatic rings. The number of aliphatic carboxylic acids is 1. The molecule has 0 aliphatic heterocycles. The lowest BCUT2D eigenvalue weighted by molar-refractivity contribution is -0.139. The molecule has 0 spiro atoms. The van der Waals surface area contributed by atoms with Crippen molar-refractivity contribution < 1.29 is 19.8 Å². The number of aliphatic hydroxyl groups is 1. The highest BCUT2D eigenvalue weighted by molar-refractivity contribution is 5.82. The van der Waals surface area contributed by atoms with Crippen molar-refractivity contribution in [3.63, 3.8) is 0 Å². The van der Waals surface area contributed by atoms with Crippen LogP contribution in [-0.4, -0.2) is 52.9 Å². The first-order chi connectivity index (χ1) is 8.06. The third-order valence-electron chi connectivity index (χ3n) is 2.29. The van der Waals surface area contributed by atoms with Crippen LogP contribution in [0.2, 0.25) is 0 Å². The van der Waals surface area contributed by atoms with E-state index in [1.807, 2.05) is 13.8 Å². The third-order valence-corrected chi connectivity index (χ3v) is 2.29. The van der Waals surface area contributed by atoms with E-state index in [4.69, 9.17) is 10.2 Å². The van der Waals surface area contributed by atoms with Crippen molar-refractivity contribution in [3.05, 3.63) is 0 Å². The van der Waals surface area contributed by atoms with E-state index in [1.165, 1.54) is 0 Å². The summed E-state index contributed by atoms with van der Waals surface area (Å²) < 4.78 is 0. The normalized spacial score (nSPS) is 11.9. The molecule has 0 aliphatic rings. The summed E-state index contributed by atoms with van der Waals surface area (Å²) in [5, 5.41) is 20.0. The van der Waals surface area contributed by atoms with Gasteiger partial charge in [0.1, 0.15) is 6.04 Å². The van der Waals surface area contributed by atoms with Crippen LogP contribution in [0.25, 0.3) is 0 Å². The molecule has 0 saturated carbocycles. The molecule has 0 radical (unpaired) electrons. The Morgan fingerprint density at radius 1 is 1.24 bits per heavy atom. The topological polar surface area (TPSA) is 89.9 Å². The summed E-state index contributed by atoms with van der Waals surface area (Å²) in [6.45, 7) is 4.85. The van der Waals surface area contributed by atoms with Crippen LogP contribution in [0.1, 0.15) is 33.1 Å². The molecule has 0 aromatic heterocycles. The van der Waals surface area contributed by atoms with Gasteiger partial charge in [0.25, 0.3) is 0 Å². The van der Waals surface area contributed by atoms with Crippen LogP contribution < -0.4 is 5.32 Å². The van der Waals surface area contributed by atoms with Gasteiger partial charge in [-0.15, -0.1) is 0 Å². The van der Waals surface area contributed by atoms with Crippen LogP contribution in [0, 0.1) is 0 Å². The van der Waals surface area contributed by atoms with Gasteiger partial charge in [0.2, 0.25) is 0 Å². The van der Waals surface area contributed by atoms with Crippen LogP contribution in [0.15, 0.2) is 0 Å². The van der Waals surface area contributed by atoms with E-state index in [0.29, 0.717) is 13.1 Å². The lowest BCUT2D eigenvalue weighted by Gasteiger charge is -2.24. The summed E-state index contributed by atoms with van der Waals surface area (Å²) in [5.41, 5.74) is 0. The van der Waals surface area contributed by atoms with Gasteiger partial charge in [-0.05, 0) is 12.8 Å². The maximum atomic E-state index is 11.8. The minimum absolute atomic E-state index is 0.0210. The zero-order valence-corrected chi connectivity index (χ0v) is 10.5. The van der Waals surface area contributed by atoms with Crippen LogP contribution in [0.5, 0.6) is 0 Å². The number of hydrogen-bond donors (Lipinski definition) is 3. The van der Waals surface area contributed by atoms with Gasteiger partial charge >= 0.3 is 12.0 Å². The van der Waals surface area contributed by atoms with Crippen LogP contribution >= 0.6 is 0 Å². The molecule has 0 aliphatic carbocycles. The zero-order valence-electron chi connectivity index (χ0n) is 10.5. The minimum atomic E-state index is -1.12. The van der Waals surface area contributed by atoms with Crippen molar-refractivity contribution in [2.24, 2.45) is 0 Å². The summed E-state index contributed by atoms with van der Waals surface area (Å²) in [4.78, 5) is 24.2. The van der Waals surface area contributed by atoms with Crippen molar-refractivity contribution in [2.75, 3.05) is 19.7 Å². The largest absolute Gasteiger partial charge is 0.480 e. The van der Waals surface area contributed by atoms with Gasteiger partial charge in [-0.1, -0.05) is 13.8 Å². The highest BCUT2D eigenvalue weighted by atomic mass is 16.4. The van der Waals surface area contributed by atoms with Crippen LogP contribution in [0.3, 0.4) is 0 Å². The fourth-order valence-corrected chi connectivity index (χ4v) is 1.48. The van der Waals surface area contributed by atoms with Crippen molar-refractivity contribution in [1.82, 2.24) is 10.2 Å². The first kappa shape index (κ1) is 15.7. The Morgan fingerprint density at radius 3 is 2.12 bits per heavy atom. The molecular weight excluding hydrogens is 224 g/mol. The average molecular weight is 246 g/mol. The van der Waals surface area contributed by atoms with Crippen molar-refractivity contribution in [1.29, 1.82) is 0 Å². The van der Waals surface area contributed by atoms with Gasteiger partial charge in [-0.25, -0.2) is 9.59 Å². The van der Waals surface area contributed by atoms with E-state index in [9.17, 15) is 9.59 Å². The number of rotatable bonds is 8. The first-order valence-electron chi connectivity index (χ1n) is 5.95. The molecule has 6 heteroatoms. The van der Waals surface area contributed by atoms with Crippen molar-refractivity contribution in [3.8, 4) is 0 Å². The number of urea groups is 1. The van der Waals surface area contributed by atoms with E-state index in [1.54, 1.807) is 4.90 Å². The van der Waals surface area contributed by atoms with Gasteiger partial charge in [0.05, 0.1) is 0 Å². The molecule has 1 atom stereocenters. The SMILES string of the molecule is CCCN(CCC)C(=O)N[C@H](CCO)C(=O)O. The van der Waals surface area contributed by atoms with Crippen molar-refractivity contribution in [2.45, 2.75) is 39.2 Å². The second-order valence-corrected chi connectivity index (χ2v) is 3.84.